The number of nitrogens with zero attached hydrogens (tertiary/aromatic N) is 2. The van der Waals surface area contributed by atoms with Gasteiger partial charge in [-0.3, -0.25) is 14.4 Å². The lowest BCUT2D eigenvalue weighted by atomic mass is 9.97. The monoisotopic (exact) mass is 501 g/mol. The van der Waals surface area contributed by atoms with Crippen LogP contribution in [0.2, 0.25) is 0 Å². The number of benzene rings is 4. The molecule has 4 aromatic carbocycles. The molecule has 0 aliphatic rings. The van der Waals surface area contributed by atoms with Crippen LogP contribution in [0.4, 0.5) is 5.69 Å². The summed E-state index contributed by atoms with van der Waals surface area (Å²) >= 11 is 0. The number of hydrogen-bond acceptors (Lipinski definition) is 5. The van der Waals surface area contributed by atoms with Crippen LogP contribution in [0.1, 0.15) is 26.4 Å². The van der Waals surface area contributed by atoms with Crippen LogP contribution in [0.5, 0.6) is 5.75 Å². The zero-order valence-electron chi connectivity index (χ0n) is 20.5. The lowest BCUT2D eigenvalue weighted by Crippen LogP contribution is -2.25. The molecule has 7 nitrogen and oxygen atoms in total. The minimum Gasteiger partial charge on any atom is -0.497 e. The molecule has 0 fully saturated rings. The van der Waals surface area contributed by atoms with E-state index in [1.165, 1.54) is 7.11 Å². The third-order valence-corrected chi connectivity index (χ3v) is 5.97. The second kappa shape index (κ2) is 10.8. The van der Waals surface area contributed by atoms with Crippen LogP contribution in [0, 0.1) is 0 Å². The van der Waals surface area contributed by atoms with E-state index in [-0.39, 0.29) is 11.3 Å². The van der Waals surface area contributed by atoms with E-state index in [1.54, 1.807) is 59.3 Å². The van der Waals surface area contributed by atoms with E-state index in [0.29, 0.717) is 33.9 Å². The number of carbonyl (C=O) groups excluding carboxylic acids is 3. The topological polar surface area (TPSA) is 90.3 Å². The van der Waals surface area contributed by atoms with Crippen molar-refractivity contribution in [2.45, 2.75) is 0 Å². The van der Waals surface area contributed by atoms with Gasteiger partial charge >= 0.3 is 0 Å². The number of aromatic nitrogens is 2. The van der Waals surface area contributed by atoms with Crippen LogP contribution >= 0.6 is 0 Å². The molecule has 7 heteroatoms. The third kappa shape index (κ3) is 4.85. The molecule has 0 bridgehead atoms. The quantitative estimate of drug-likeness (QED) is 0.221. The molecule has 1 amide bonds. The first-order chi connectivity index (χ1) is 18.6. The number of carbonyl (C=O) groups is 3. The van der Waals surface area contributed by atoms with Crippen LogP contribution in [-0.4, -0.2) is 34.4 Å². The molecule has 0 aliphatic carbocycles. The van der Waals surface area contributed by atoms with Crippen molar-refractivity contribution in [1.29, 1.82) is 0 Å². The number of ketones is 2. The average Bonchev–Trinajstić information content (AvgIpc) is 3.38. The summed E-state index contributed by atoms with van der Waals surface area (Å²) in [7, 11) is 1.54. The van der Waals surface area contributed by atoms with Gasteiger partial charge in [0.15, 0.2) is 0 Å². The summed E-state index contributed by atoms with van der Waals surface area (Å²) in [6, 6.07) is 33.5. The van der Waals surface area contributed by atoms with Gasteiger partial charge in [-0.05, 0) is 36.4 Å². The number of para-hydroxylation sites is 1. The van der Waals surface area contributed by atoms with E-state index in [9.17, 15) is 14.4 Å². The van der Waals surface area contributed by atoms with Crippen molar-refractivity contribution in [3.05, 3.63) is 132 Å². The van der Waals surface area contributed by atoms with Crippen molar-refractivity contribution in [2.75, 3.05) is 12.4 Å². The SMILES string of the molecule is COc1ccc(NC(=O)C(=O)c2c(C(=O)c3ccccc3)nn(-c3ccccc3)c2-c2ccccc2)cc1. The minimum atomic E-state index is -0.887. The van der Waals surface area contributed by atoms with Gasteiger partial charge in [0.1, 0.15) is 11.4 Å². The maximum absolute atomic E-state index is 13.8. The van der Waals surface area contributed by atoms with Crippen molar-refractivity contribution in [3.8, 4) is 22.7 Å². The molecular weight excluding hydrogens is 478 g/mol. The Balaban J connectivity index is 1.68. The zero-order chi connectivity index (χ0) is 26.5. The van der Waals surface area contributed by atoms with Gasteiger partial charge in [0.05, 0.1) is 24.1 Å². The van der Waals surface area contributed by atoms with Crippen molar-refractivity contribution >= 4 is 23.2 Å². The Morgan fingerprint density at radius 2 is 1.32 bits per heavy atom. The van der Waals surface area contributed by atoms with Gasteiger partial charge in [-0.25, -0.2) is 4.68 Å². The summed E-state index contributed by atoms with van der Waals surface area (Å²) in [5.74, 6) is -1.61. The van der Waals surface area contributed by atoms with Gasteiger partial charge in [0.2, 0.25) is 5.78 Å². The van der Waals surface area contributed by atoms with Crippen molar-refractivity contribution in [2.24, 2.45) is 0 Å². The molecule has 0 saturated heterocycles. The van der Waals surface area contributed by atoms with E-state index in [0.717, 1.165) is 0 Å². The number of nitrogens with one attached hydrogen (secondary N) is 1. The molecule has 0 atom stereocenters. The van der Waals surface area contributed by atoms with E-state index in [1.807, 2.05) is 60.7 Å². The van der Waals surface area contributed by atoms with Crippen LogP contribution in [0.15, 0.2) is 115 Å². The van der Waals surface area contributed by atoms with Gasteiger partial charge in [-0.1, -0.05) is 78.9 Å². The Bertz CT molecular complexity index is 1590. The highest BCUT2D eigenvalue weighted by molar-refractivity contribution is 6.48. The number of Topliss-reactive ketones (excluding diaryl/α,β-unsaturated/α-hetero) is 1. The second-order valence-electron chi connectivity index (χ2n) is 8.39. The normalized spacial score (nSPS) is 10.6. The van der Waals surface area contributed by atoms with E-state index in [2.05, 4.69) is 10.4 Å². The Morgan fingerprint density at radius 1 is 0.737 bits per heavy atom. The predicted octanol–water partition coefficient (Wildman–Crippen LogP) is 5.60. The Morgan fingerprint density at radius 3 is 1.92 bits per heavy atom. The second-order valence-corrected chi connectivity index (χ2v) is 8.39. The highest BCUT2D eigenvalue weighted by Gasteiger charge is 2.33. The molecule has 0 saturated carbocycles. The van der Waals surface area contributed by atoms with Gasteiger partial charge < -0.3 is 10.1 Å². The standard InChI is InChI=1S/C31H23N3O4/c1-38-25-19-17-23(18-20-25)32-31(37)30(36)26-27(29(35)22-13-7-3-8-14-22)33-34(24-15-9-4-10-16-24)28(26)21-11-5-2-6-12-21/h2-20H,1H3,(H,32,37). The fourth-order valence-corrected chi connectivity index (χ4v) is 4.11. The Hall–Kier alpha value is -5.30. The van der Waals surface area contributed by atoms with E-state index in [4.69, 9.17) is 4.74 Å². The molecule has 0 radical (unpaired) electrons. The van der Waals surface area contributed by atoms with Crippen molar-refractivity contribution in [3.63, 3.8) is 0 Å². The summed E-state index contributed by atoms with van der Waals surface area (Å²) in [6.45, 7) is 0. The zero-order valence-corrected chi connectivity index (χ0v) is 20.5. The van der Waals surface area contributed by atoms with Crippen LogP contribution in [-0.2, 0) is 4.79 Å². The summed E-state index contributed by atoms with van der Waals surface area (Å²) < 4.78 is 6.70. The Labute approximate surface area is 219 Å². The number of hydrogen-bond donors (Lipinski definition) is 1. The van der Waals surface area contributed by atoms with Gasteiger partial charge in [-0.15, -0.1) is 0 Å². The smallest absolute Gasteiger partial charge is 0.296 e. The van der Waals surface area contributed by atoms with Crippen molar-refractivity contribution in [1.82, 2.24) is 9.78 Å². The Kier molecular flexibility index (Phi) is 6.91. The molecule has 5 aromatic rings. The van der Waals surface area contributed by atoms with Crippen LogP contribution in [0.3, 0.4) is 0 Å². The first-order valence-corrected chi connectivity index (χ1v) is 11.9. The van der Waals surface area contributed by atoms with E-state index >= 15 is 0 Å². The van der Waals surface area contributed by atoms with Gasteiger partial charge in [0, 0.05) is 16.8 Å². The number of ether oxygens (including phenoxy) is 1. The minimum absolute atomic E-state index is 0.0695. The molecular formula is C31H23N3O4. The molecule has 0 spiro atoms. The molecule has 0 unspecified atom stereocenters. The fourth-order valence-electron chi connectivity index (χ4n) is 4.11. The molecule has 186 valence electrons. The summed E-state index contributed by atoms with van der Waals surface area (Å²) in [5.41, 5.74) is 2.23. The number of anilines is 1. The average molecular weight is 502 g/mol. The highest BCUT2D eigenvalue weighted by atomic mass is 16.5. The van der Waals surface area contributed by atoms with Gasteiger partial charge in [0.25, 0.3) is 11.7 Å². The predicted molar refractivity (Wildman–Crippen MR) is 145 cm³/mol. The first-order valence-electron chi connectivity index (χ1n) is 11.9. The van der Waals surface area contributed by atoms with E-state index < -0.39 is 17.5 Å². The lowest BCUT2D eigenvalue weighted by Gasteiger charge is -2.10. The largest absolute Gasteiger partial charge is 0.497 e. The summed E-state index contributed by atoms with van der Waals surface area (Å²) in [6.07, 6.45) is 0. The summed E-state index contributed by atoms with van der Waals surface area (Å²) in [4.78, 5) is 40.8. The van der Waals surface area contributed by atoms with Crippen LogP contribution < -0.4 is 10.1 Å². The third-order valence-electron chi connectivity index (χ3n) is 5.97. The number of amides is 1. The first kappa shape index (κ1) is 24.4. The molecule has 1 heterocycles. The molecule has 38 heavy (non-hydrogen) atoms. The van der Waals surface area contributed by atoms with Crippen molar-refractivity contribution < 1.29 is 19.1 Å². The van der Waals surface area contributed by atoms with Gasteiger partial charge in [-0.2, -0.15) is 5.10 Å². The molecule has 5 rings (SSSR count). The van der Waals surface area contributed by atoms with Crippen LogP contribution in [0.25, 0.3) is 16.9 Å². The maximum atomic E-state index is 13.8. The number of methoxy groups -OCH3 is 1. The molecule has 0 aliphatic heterocycles. The summed E-state index contributed by atoms with van der Waals surface area (Å²) in [5, 5.41) is 7.25. The molecule has 1 aromatic heterocycles. The molecule has 1 N–H and O–H groups in total. The maximum Gasteiger partial charge on any atom is 0.296 e. The highest BCUT2D eigenvalue weighted by Crippen LogP contribution is 2.31. The fraction of sp³-hybridized carbons (Fsp3) is 0.0323. The lowest BCUT2D eigenvalue weighted by molar-refractivity contribution is -0.112. The number of rotatable bonds is 8.